The first-order valence-electron chi connectivity index (χ1n) is 12.6. The quantitative estimate of drug-likeness (QED) is 0.347. The molecule has 1 saturated heterocycles. The van der Waals surface area contributed by atoms with Crippen LogP contribution in [-0.2, 0) is 33.3 Å². The fraction of sp³-hybridized carbons (Fsp3) is 0.440. The molecule has 1 unspecified atom stereocenters. The van der Waals surface area contributed by atoms with Gasteiger partial charge in [0.2, 0.25) is 5.91 Å². The highest BCUT2D eigenvalue weighted by Gasteiger charge is 2.32. The van der Waals surface area contributed by atoms with Crippen molar-refractivity contribution in [2.75, 3.05) is 19.3 Å². The molecule has 1 amide bonds. The number of carbonyl (C=O) groups is 1. The van der Waals surface area contributed by atoms with Gasteiger partial charge in [-0.3, -0.25) is 14.3 Å². The number of benzene rings is 1. The molecule has 220 valence electrons. The fourth-order valence-corrected chi connectivity index (χ4v) is 6.69. The van der Waals surface area contributed by atoms with Crippen molar-refractivity contribution in [1.82, 2.24) is 19.2 Å². The van der Waals surface area contributed by atoms with E-state index in [0.717, 1.165) is 26.7 Å². The summed E-state index contributed by atoms with van der Waals surface area (Å²) < 4.78 is 56.7. The molecule has 1 aromatic carbocycles. The first kappa shape index (κ1) is 29.2. The van der Waals surface area contributed by atoms with Crippen molar-refractivity contribution >= 4 is 44.7 Å². The Balaban J connectivity index is 1.20. The zero-order chi connectivity index (χ0) is 29.5. The highest BCUT2D eigenvalue weighted by atomic mass is 35.5. The number of carbonyl (C=O) groups excluding carboxylic acids is 1. The molecule has 0 bridgehead atoms. The average Bonchev–Trinajstić information content (AvgIpc) is 3.64. The summed E-state index contributed by atoms with van der Waals surface area (Å²) >= 11 is 7.83. The summed E-state index contributed by atoms with van der Waals surface area (Å²) in [4.78, 5) is 36.9. The van der Waals surface area contributed by atoms with Crippen LogP contribution in [0, 0.1) is 0 Å². The number of rotatable bonds is 8. The largest absolute Gasteiger partial charge is 0.387 e. The Morgan fingerprint density at radius 3 is 2.68 bits per heavy atom. The Kier molecular flexibility index (Phi) is 8.21. The first-order valence-corrected chi connectivity index (χ1v) is 15.7. The van der Waals surface area contributed by atoms with Crippen molar-refractivity contribution < 1.29 is 31.0 Å². The predicted molar refractivity (Wildman–Crippen MR) is 147 cm³/mol. The van der Waals surface area contributed by atoms with Crippen LogP contribution < -0.4 is 9.74 Å². The van der Waals surface area contributed by atoms with E-state index < -0.39 is 33.9 Å². The molecule has 0 radical (unpaired) electrons. The molecular formula is C25H26ClF2N5O6S2. The summed E-state index contributed by atoms with van der Waals surface area (Å²) in [6.45, 7) is 0.583. The SMILES string of the molecule is Cn1c(C(F)F)cc(=O)n1CC(=O)N1CCC(c2nc(C3=NOC(c4c(Cl)cccc4OS(C)(=O)=O)C3)cs2)CC1. The molecule has 2 aromatic heterocycles. The van der Waals surface area contributed by atoms with Crippen molar-refractivity contribution in [3.63, 3.8) is 0 Å². The summed E-state index contributed by atoms with van der Waals surface area (Å²) in [6.07, 6.45) is -0.893. The lowest BCUT2D eigenvalue weighted by atomic mass is 9.97. The standard InChI is InChI=1S/C25H26ClF2N5O6S2/c1-31-18(24(27)28)11-21(34)33(31)12-22(35)32-8-6-14(7-9-32)25-29-17(13-40-25)16-10-20(38-30-16)23-15(26)4-3-5-19(23)39-41(2,36)37/h3-5,11,13-14,20,24H,6-10,12H2,1-2H3. The van der Waals surface area contributed by atoms with E-state index in [4.69, 9.17) is 25.6 Å². The maximum absolute atomic E-state index is 13.1. The maximum Gasteiger partial charge on any atom is 0.306 e. The van der Waals surface area contributed by atoms with Gasteiger partial charge in [0.05, 0.1) is 27.5 Å². The Labute approximate surface area is 243 Å². The molecule has 0 saturated carbocycles. The highest BCUT2D eigenvalue weighted by molar-refractivity contribution is 7.86. The number of oxime groups is 1. The average molecular weight is 630 g/mol. The van der Waals surface area contributed by atoms with Gasteiger partial charge in [-0.1, -0.05) is 22.8 Å². The molecule has 5 rings (SSSR count). The van der Waals surface area contributed by atoms with Crippen molar-refractivity contribution in [3.05, 3.63) is 67.0 Å². The van der Waals surface area contributed by atoms with Crippen molar-refractivity contribution in [2.24, 2.45) is 12.2 Å². The number of nitrogens with zero attached hydrogens (tertiary/aromatic N) is 5. The smallest absolute Gasteiger partial charge is 0.306 e. The third kappa shape index (κ3) is 6.31. The second-order valence-corrected chi connectivity index (χ2v) is 12.7. The Morgan fingerprint density at radius 1 is 1.29 bits per heavy atom. The second-order valence-electron chi connectivity index (χ2n) is 9.79. The van der Waals surface area contributed by atoms with Gasteiger partial charge in [-0.25, -0.2) is 18.4 Å². The normalized spacial score (nSPS) is 18.0. The van der Waals surface area contributed by atoms with Crippen LogP contribution >= 0.6 is 22.9 Å². The molecule has 16 heteroatoms. The number of aromatic nitrogens is 3. The van der Waals surface area contributed by atoms with Crippen LogP contribution in [0.4, 0.5) is 8.78 Å². The van der Waals surface area contributed by atoms with Gasteiger partial charge in [0.25, 0.3) is 12.0 Å². The van der Waals surface area contributed by atoms with Crippen LogP contribution in [0.5, 0.6) is 5.75 Å². The van der Waals surface area contributed by atoms with Gasteiger partial charge in [0, 0.05) is 43.9 Å². The van der Waals surface area contributed by atoms with E-state index in [0.29, 0.717) is 54.3 Å². The number of alkyl halides is 2. The molecule has 0 aliphatic carbocycles. The number of piperidine rings is 1. The van der Waals surface area contributed by atoms with Crippen LogP contribution in [-0.4, -0.2) is 58.6 Å². The summed E-state index contributed by atoms with van der Waals surface area (Å²) in [6, 6.07) is 5.55. The minimum Gasteiger partial charge on any atom is -0.387 e. The monoisotopic (exact) mass is 629 g/mol. The molecule has 11 nitrogen and oxygen atoms in total. The maximum atomic E-state index is 13.1. The minimum absolute atomic E-state index is 0.0770. The molecule has 2 aliphatic rings. The predicted octanol–water partition coefficient (Wildman–Crippen LogP) is 3.84. The molecular weight excluding hydrogens is 604 g/mol. The van der Waals surface area contributed by atoms with E-state index in [1.54, 1.807) is 17.0 Å². The van der Waals surface area contributed by atoms with Gasteiger partial charge >= 0.3 is 10.1 Å². The zero-order valence-electron chi connectivity index (χ0n) is 22.0. The highest BCUT2D eigenvalue weighted by Crippen LogP contribution is 2.40. The van der Waals surface area contributed by atoms with E-state index in [1.165, 1.54) is 24.5 Å². The van der Waals surface area contributed by atoms with E-state index in [2.05, 4.69) is 5.16 Å². The van der Waals surface area contributed by atoms with Crippen LogP contribution in [0.3, 0.4) is 0 Å². The Bertz CT molecular complexity index is 1660. The van der Waals surface area contributed by atoms with Crippen LogP contribution in [0.1, 0.15) is 59.7 Å². The lowest BCUT2D eigenvalue weighted by Crippen LogP contribution is -2.41. The van der Waals surface area contributed by atoms with Crippen LogP contribution in [0.25, 0.3) is 0 Å². The summed E-state index contributed by atoms with van der Waals surface area (Å²) in [5.74, 6) is -0.124. The third-order valence-electron chi connectivity index (χ3n) is 7.03. The molecule has 2 aliphatic heterocycles. The number of likely N-dealkylation sites (tertiary alicyclic amines) is 1. The Morgan fingerprint density at radius 2 is 2.02 bits per heavy atom. The minimum atomic E-state index is -3.78. The first-order chi connectivity index (χ1) is 19.4. The zero-order valence-corrected chi connectivity index (χ0v) is 24.4. The number of thiazole rings is 1. The van der Waals surface area contributed by atoms with E-state index in [-0.39, 0.29) is 24.1 Å². The summed E-state index contributed by atoms with van der Waals surface area (Å²) in [5, 5.41) is 7.22. The number of amides is 1. The van der Waals surface area contributed by atoms with Crippen LogP contribution in [0.2, 0.25) is 5.02 Å². The lowest BCUT2D eigenvalue weighted by Gasteiger charge is -2.31. The van der Waals surface area contributed by atoms with Crippen LogP contribution in [0.15, 0.2) is 39.6 Å². The van der Waals surface area contributed by atoms with Crippen molar-refractivity contribution in [1.29, 1.82) is 0 Å². The van der Waals surface area contributed by atoms with Gasteiger partial charge in [-0.05, 0) is 25.0 Å². The number of hydrogen-bond acceptors (Lipinski definition) is 9. The Hall–Kier alpha value is -3.30. The van der Waals surface area contributed by atoms with Gasteiger partial charge in [-0.15, -0.1) is 11.3 Å². The van der Waals surface area contributed by atoms with Crippen molar-refractivity contribution in [3.8, 4) is 5.75 Å². The summed E-state index contributed by atoms with van der Waals surface area (Å²) in [5.41, 5.74) is 0.539. The molecule has 0 spiro atoms. The van der Waals surface area contributed by atoms with E-state index in [9.17, 15) is 26.8 Å². The molecule has 1 fully saturated rings. The van der Waals surface area contributed by atoms with Crippen molar-refractivity contribution in [2.45, 2.75) is 44.3 Å². The molecule has 0 N–H and O–H groups in total. The van der Waals surface area contributed by atoms with E-state index in [1.807, 2.05) is 5.38 Å². The second kappa shape index (κ2) is 11.5. The van der Waals surface area contributed by atoms with Gasteiger partial charge in [-0.2, -0.15) is 8.42 Å². The molecule has 3 aromatic rings. The third-order valence-corrected chi connectivity index (χ3v) is 8.85. The van der Waals surface area contributed by atoms with E-state index >= 15 is 0 Å². The number of hydrogen-bond donors (Lipinski definition) is 0. The van der Waals surface area contributed by atoms with Gasteiger partial charge in [0.1, 0.15) is 18.0 Å². The van der Waals surface area contributed by atoms with Gasteiger partial charge < -0.3 is 13.9 Å². The molecule has 41 heavy (non-hydrogen) atoms. The number of halogens is 3. The topological polar surface area (TPSA) is 125 Å². The fourth-order valence-electron chi connectivity index (χ4n) is 4.93. The lowest BCUT2D eigenvalue weighted by molar-refractivity contribution is -0.133. The van der Waals surface area contributed by atoms with Gasteiger partial charge in [0.15, 0.2) is 11.9 Å². The summed E-state index contributed by atoms with van der Waals surface area (Å²) in [7, 11) is -2.45. The molecule has 1 atom stereocenters. The molecule has 4 heterocycles.